The monoisotopic (exact) mass is 585 g/mol. The summed E-state index contributed by atoms with van der Waals surface area (Å²) in [4.78, 5) is 31.3. The minimum absolute atomic E-state index is 0.194. The lowest BCUT2D eigenvalue weighted by molar-refractivity contribution is -0.122. The third-order valence-electron chi connectivity index (χ3n) is 6.67. The molecule has 0 saturated carbocycles. The van der Waals surface area contributed by atoms with E-state index in [1.165, 1.54) is 49.6 Å². The second kappa shape index (κ2) is 18.5. The largest absolute Gasteiger partial charge is 0.458 e. The zero-order valence-electron chi connectivity index (χ0n) is 25.7. The highest BCUT2D eigenvalue weighted by molar-refractivity contribution is 7.15. The molecule has 2 aromatic carbocycles. The Labute approximate surface area is 254 Å². The molecule has 5 rings (SSSR count). The maximum absolute atomic E-state index is 11.1. The van der Waals surface area contributed by atoms with Crippen LogP contribution in [0.25, 0.3) is 21.6 Å². The molecule has 0 unspecified atom stereocenters. The van der Waals surface area contributed by atoms with Crippen molar-refractivity contribution in [3.63, 3.8) is 0 Å². The molecule has 42 heavy (non-hydrogen) atoms. The lowest BCUT2D eigenvalue weighted by Crippen LogP contribution is -2.04. The number of carbonyl (C=O) groups excluding carboxylic acids is 3. The fraction of sp³-hybridized carbons (Fsp3) is 0.306. The number of allylic oxidation sites excluding steroid dienone is 2. The van der Waals surface area contributed by atoms with E-state index >= 15 is 0 Å². The maximum atomic E-state index is 11.1. The first-order chi connectivity index (χ1) is 20.3. The first-order valence-electron chi connectivity index (χ1n) is 14.3. The number of aryl methyl sites for hydroxylation is 4. The van der Waals surface area contributed by atoms with Crippen LogP contribution in [0.4, 0.5) is 0 Å². The summed E-state index contributed by atoms with van der Waals surface area (Å²) in [6, 6.07) is 23.2. The highest BCUT2D eigenvalue weighted by Gasteiger charge is 2.23. The van der Waals surface area contributed by atoms with Gasteiger partial charge in [-0.15, -0.1) is 11.3 Å². The summed E-state index contributed by atoms with van der Waals surface area (Å²) in [5.41, 5.74) is 9.09. The lowest BCUT2D eigenvalue weighted by Gasteiger charge is -2.06. The van der Waals surface area contributed by atoms with Crippen molar-refractivity contribution in [2.24, 2.45) is 0 Å². The quantitative estimate of drug-likeness (QED) is 0.173. The molecule has 0 fully saturated rings. The van der Waals surface area contributed by atoms with Crippen molar-refractivity contribution in [2.75, 3.05) is 13.6 Å². The van der Waals surface area contributed by atoms with Crippen LogP contribution in [0.5, 0.6) is 0 Å². The summed E-state index contributed by atoms with van der Waals surface area (Å²) in [6.07, 6.45) is 5.69. The summed E-state index contributed by atoms with van der Waals surface area (Å²) < 4.78 is 5.58. The van der Waals surface area contributed by atoms with E-state index in [0.717, 1.165) is 43.4 Å². The average molecular weight is 586 g/mol. The Morgan fingerprint density at radius 1 is 0.810 bits per heavy atom. The lowest BCUT2D eigenvalue weighted by atomic mass is 9.97. The Morgan fingerprint density at radius 2 is 1.40 bits per heavy atom. The van der Waals surface area contributed by atoms with E-state index in [4.69, 9.17) is 14.0 Å². The average Bonchev–Trinajstić information content (AvgIpc) is 3.73. The summed E-state index contributed by atoms with van der Waals surface area (Å²) in [5.74, 6) is 1.26. The zero-order valence-corrected chi connectivity index (χ0v) is 26.5. The molecule has 0 radical (unpaired) electrons. The second-order valence-corrected chi connectivity index (χ2v) is 11.3. The normalized spacial score (nSPS) is 11.8. The Kier molecular flexibility index (Phi) is 15.2. The van der Waals surface area contributed by atoms with E-state index in [0.29, 0.717) is 5.76 Å². The number of furan rings is 1. The van der Waals surface area contributed by atoms with Crippen LogP contribution in [-0.2, 0) is 9.59 Å². The van der Waals surface area contributed by atoms with Gasteiger partial charge in [-0.2, -0.15) is 0 Å². The molecule has 0 saturated heterocycles. The van der Waals surface area contributed by atoms with Crippen LogP contribution in [0, 0.1) is 27.7 Å². The van der Waals surface area contributed by atoms with Crippen LogP contribution in [0.2, 0.25) is 0 Å². The third-order valence-corrected chi connectivity index (χ3v) is 7.77. The van der Waals surface area contributed by atoms with Gasteiger partial charge in [0.25, 0.3) is 0 Å². The summed E-state index contributed by atoms with van der Waals surface area (Å²) in [6.45, 7) is 11.6. The molecule has 1 N–H and O–H groups in total. The van der Waals surface area contributed by atoms with Crippen LogP contribution in [-0.4, -0.2) is 32.5 Å². The fourth-order valence-electron chi connectivity index (χ4n) is 4.63. The topological polar surface area (TPSA) is 76.4 Å². The zero-order chi connectivity index (χ0) is 30.9. The molecule has 2 aromatic heterocycles. The molecular formula is C36H43NO4S. The van der Waals surface area contributed by atoms with Crippen LogP contribution in [0.15, 0.2) is 71.1 Å². The Morgan fingerprint density at radius 3 is 1.86 bits per heavy atom. The summed E-state index contributed by atoms with van der Waals surface area (Å²) in [7, 11) is 1.96. The highest BCUT2D eigenvalue weighted by atomic mass is 32.1. The standard InChI is InChI=1S/C23H22O2S.C7H8.C4H11N.C2H2O2/c1-14-7-9-17(10-8-14)23-12-22(16(3)26-23)20-6-4-5-19(20)21-11-18(13-24)25-15(21)2;1-7-5-3-2-4-6-7;1-3-4-5-2;3-1-2-4/h7-13H,4-6H2,1-3H3;2-6H,1H3;5H,3-4H2,1-2H3;1-2H. The molecule has 1 aliphatic rings. The Balaban J connectivity index is 0.000000315. The molecule has 0 bridgehead atoms. The van der Waals surface area contributed by atoms with Crippen molar-refractivity contribution in [1.29, 1.82) is 0 Å². The van der Waals surface area contributed by atoms with Crippen LogP contribution in [0.3, 0.4) is 0 Å². The van der Waals surface area contributed by atoms with Crippen LogP contribution >= 0.6 is 11.3 Å². The van der Waals surface area contributed by atoms with Crippen molar-refractivity contribution < 1.29 is 18.8 Å². The van der Waals surface area contributed by atoms with Gasteiger partial charge in [0.2, 0.25) is 0 Å². The molecular weight excluding hydrogens is 542 g/mol. The van der Waals surface area contributed by atoms with Gasteiger partial charge in [-0.05, 0) is 101 Å². The second-order valence-electron chi connectivity index (χ2n) is 10.0. The number of hydrogen-bond donors (Lipinski definition) is 1. The van der Waals surface area contributed by atoms with Gasteiger partial charge in [-0.25, -0.2) is 0 Å². The number of nitrogens with one attached hydrogen (secondary N) is 1. The van der Waals surface area contributed by atoms with Gasteiger partial charge in [-0.1, -0.05) is 72.6 Å². The smallest absolute Gasteiger partial charge is 0.185 e. The Bertz CT molecular complexity index is 1420. The molecule has 0 amide bonds. The molecule has 0 spiro atoms. The molecule has 5 nitrogen and oxygen atoms in total. The number of hydrogen-bond acceptors (Lipinski definition) is 6. The summed E-state index contributed by atoms with van der Waals surface area (Å²) >= 11 is 1.86. The van der Waals surface area contributed by atoms with Gasteiger partial charge in [-0.3, -0.25) is 14.4 Å². The molecule has 222 valence electrons. The van der Waals surface area contributed by atoms with Crippen molar-refractivity contribution in [1.82, 2.24) is 5.32 Å². The molecule has 4 aromatic rings. The van der Waals surface area contributed by atoms with Crippen molar-refractivity contribution in [2.45, 2.75) is 60.3 Å². The van der Waals surface area contributed by atoms with Crippen molar-refractivity contribution in [3.05, 3.63) is 105 Å². The van der Waals surface area contributed by atoms with Gasteiger partial charge in [0, 0.05) is 15.3 Å². The van der Waals surface area contributed by atoms with Gasteiger partial charge < -0.3 is 9.73 Å². The number of rotatable bonds is 7. The van der Waals surface area contributed by atoms with Crippen LogP contribution < -0.4 is 5.32 Å². The first kappa shape index (κ1) is 34.3. The molecule has 1 aliphatic carbocycles. The van der Waals surface area contributed by atoms with Crippen molar-refractivity contribution in [3.8, 4) is 10.4 Å². The summed E-state index contributed by atoms with van der Waals surface area (Å²) in [5, 5.41) is 3.02. The van der Waals surface area contributed by atoms with Gasteiger partial charge in [0.15, 0.2) is 24.6 Å². The number of aldehydes is 3. The van der Waals surface area contributed by atoms with E-state index < -0.39 is 0 Å². The molecule has 6 heteroatoms. The first-order valence-corrected chi connectivity index (χ1v) is 15.1. The predicted molar refractivity (Wildman–Crippen MR) is 176 cm³/mol. The predicted octanol–water partition coefficient (Wildman–Crippen LogP) is 8.84. The number of thiophene rings is 1. The maximum Gasteiger partial charge on any atom is 0.185 e. The third kappa shape index (κ3) is 10.5. The minimum Gasteiger partial charge on any atom is -0.458 e. The van der Waals surface area contributed by atoms with E-state index in [9.17, 15) is 4.79 Å². The molecule has 0 atom stereocenters. The molecule has 0 aliphatic heterocycles. The van der Waals surface area contributed by atoms with Crippen LogP contribution in [0.1, 0.15) is 76.1 Å². The Hall–Kier alpha value is -3.87. The van der Waals surface area contributed by atoms with Gasteiger partial charge in [0.1, 0.15) is 5.76 Å². The highest BCUT2D eigenvalue weighted by Crippen LogP contribution is 2.45. The SMILES string of the molecule is CCCNC.Cc1ccc(-c2cc(C3=C(c4cc(C=O)oc4C)CCC3)c(C)s2)cc1.Cc1ccccc1.O=CC=O. The fourth-order valence-corrected chi connectivity index (χ4v) is 5.68. The number of benzene rings is 2. The minimum atomic E-state index is 0.194. The van der Waals surface area contributed by atoms with E-state index in [1.54, 1.807) is 0 Å². The van der Waals surface area contributed by atoms with E-state index in [1.807, 2.05) is 49.6 Å². The number of carbonyl (C=O) groups is 3. The molecule has 2 heterocycles. The van der Waals surface area contributed by atoms with Gasteiger partial charge in [0.05, 0.1) is 0 Å². The van der Waals surface area contributed by atoms with E-state index in [-0.39, 0.29) is 12.6 Å². The van der Waals surface area contributed by atoms with E-state index in [2.05, 4.69) is 75.5 Å². The van der Waals surface area contributed by atoms with Gasteiger partial charge >= 0.3 is 0 Å². The van der Waals surface area contributed by atoms with Crippen molar-refractivity contribution >= 4 is 41.3 Å².